The van der Waals surface area contributed by atoms with Gasteiger partial charge in [-0.3, -0.25) is 0 Å². The zero-order valence-electron chi connectivity index (χ0n) is 11.7. The molecule has 0 aromatic heterocycles. The Morgan fingerprint density at radius 1 is 0.474 bits per heavy atom. The fourth-order valence-electron chi connectivity index (χ4n) is 2.50. The molecule has 112 valence electrons. The van der Waals surface area contributed by atoms with Crippen LogP contribution in [0.15, 0.2) is 0 Å². The Bertz CT molecular complexity index is 202. The highest BCUT2D eigenvalue weighted by molar-refractivity contribution is 4.76. The van der Waals surface area contributed by atoms with Crippen molar-refractivity contribution in [3.8, 4) is 0 Å². The van der Waals surface area contributed by atoms with Gasteiger partial charge in [0.2, 0.25) is 0 Å². The normalized spacial score (nSPS) is 32.8. The van der Waals surface area contributed by atoms with Gasteiger partial charge in [-0.2, -0.15) is 0 Å². The van der Waals surface area contributed by atoms with Crippen LogP contribution in [-0.2, 0) is 23.7 Å². The van der Waals surface area contributed by atoms with Crippen molar-refractivity contribution in [2.75, 3.05) is 52.9 Å². The molecule has 1 aliphatic heterocycles. The second-order valence-corrected chi connectivity index (χ2v) is 4.94. The molecule has 0 aromatic carbocycles. The lowest BCUT2D eigenvalue weighted by molar-refractivity contribution is -0.108. The number of hydrogen-bond donors (Lipinski definition) is 0. The van der Waals surface area contributed by atoms with E-state index in [-0.39, 0.29) is 12.2 Å². The van der Waals surface area contributed by atoms with Crippen molar-refractivity contribution in [2.24, 2.45) is 0 Å². The van der Waals surface area contributed by atoms with E-state index in [1.165, 1.54) is 12.8 Å². The second kappa shape index (κ2) is 9.66. The van der Waals surface area contributed by atoms with Gasteiger partial charge < -0.3 is 23.7 Å². The van der Waals surface area contributed by atoms with E-state index < -0.39 is 0 Å². The average molecular weight is 274 g/mol. The monoisotopic (exact) mass is 274 g/mol. The summed E-state index contributed by atoms with van der Waals surface area (Å²) in [4.78, 5) is 0. The maximum atomic E-state index is 5.89. The van der Waals surface area contributed by atoms with Gasteiger partial charge in [0.1, 0.15) is 0 Å². The van der Waals surface area contributed by atoms with Gasteiger partial charge in [-0.1, -0.05) is 12.8 Å². The van der Waals surface area contributed by atoms with E-state index in [2.05, 4.69) is 0 Å². The van der Waals surface area contributed by atoms with Crippen molar-refractivity contribution >= 4 is 0 Å². The summed E-state index contributed by atoms with van der Waals surface area (Å²) in [6, 6.07) is 0. The van der Waals surface area contributed by atoms with Crippen molar-refractivity contribution in [1.29, 1.82) is 0 Å². The predicted molar refractivity (Wildman–Crippen MR) is 70.4 cm³/mol. The Morgan fingerprint density at radius 2 is 0.842 bits per heavy atom. The topological polar surface area (TPSA) is 46.2 Å². The van der Waals surface area contributed by atoms with Crippen LogP contribution in [0.3, 0.4) is 0 Å². The standard InChI is InChI=1S/C14H26O5/c1-2-4-14-13(3-1)18-11-9-16-7-5-15-6-8-17-10-12-19-14/h13-14H,1-12H2. The molecule has 0 N–H and O–H groups in total. The Hall–Kier alpha value is -0.200. The first-order valence-corrected chi connectivity index (χ1v) is 7.43. The molecule has 19 heavy (non-hydrogen) atoms. The van der Waals surface area contributed by atoms with E-state index in [4.69, 9.17) is 23.7 Å². The average Bonchev–Trinajstić information content (AvgIpc) is 2.45. The lowest BCUT2D eigenvalue weighted by atomic mass is 9.94. The minimum absolute atomic E-state index is 0.221. The molecule has 2 fully saturated rings. The van der Waals surface area contributed by atoms with Crippen LogP contribution in [-0.4, -0.2) is 65.1 Å². The van der Waals surface area contributed by atoms with Gasteiger partial charge in [0.05, 0.1) is 65.1 Å². The molecule has 0 radical (unpaired) electrons. The van der Waals surface area contributed by atoms with E-state index in [9.17, 15) is 0 Å². The largest absolute Gasteiger partial charge is 0.377 e. The third-order valence-electron chi connectivity index (χ3n) is 3.51. The molecule has 5 nitrogen and oxygen atoms in total. The first-order chi connectivity index (χ1) is 9.47. The van der Waals surface area contributed by atoms with E-state index in [0.717, 1.165) is 12.8 Å². The molecular weight excluding hydrogens is 248 g/mol. The summed E-state index contributed by atoms with van der Waals surface area (Å²) in [7, 11) is 0. The summed E-state index contributed by atoms with van der Waals surface area (Å²) >= 11 is 0. The summed E-state index contributed by atoms with van der Waals surface area (Å²) in [6.45, 7) is 5.01. The van der Waals surface area contributed by atoms with Gasteiger partial charge >= 0.3 is 0 Å². The van der Waals surface area contributed by atoms with Crippen molar-refractivity contribution in [2.45, 2.75) is 37.9 Å². The summed E-state index contributed by atoms with van der Waals surface area (Å²) in [5.74, 6) is 0. The van der Waals surface area contributed by atoms with Gasteiger partial charge in [-0.15, -0.1) is 0 Å². The first kappa shape index (κ1) is 15.2. The molecule has 2 rings (SSSR count). The van der Waals surface area contributed by atoms with E-state index in [0.29, 0.717) is 52.9 Å². The van der Waals surface area contributed by atoms with Crippen LogP contribution in [0.4, 0.5) is 0 Å². The second-order valence-electron chi connectivity index (χ2n) is 4.94. The molecular formula is C14H26O5. The lowest BCUT2D eigenvalue weighted by Gasteiger charge is -2.31. The van der Waals surface area contributed by atoms with Crippen molar-refractivity contribution in [1.82, 2.24) is 0 Å². The summed E-state index contributed by atoms with van der Waals surface area (Å²) in [5, 5.41) is 0. The zero-order valence-corrected chi connectivity index (χ0v) is 11.7. The Labute approximate surface area is 115 Å². The van der Waals surface area contributed by atoms with Crippen molar-refractivity contribution in [3.63, 3.8) is 0 Å². The predicted octanol–water partition coefficient (Wildman–Crippen LogP) is 1.39. The maximum Gasteiger partial charge on any atom is 0.0837 e. The molecule has 1 aliphatic carbocycles. The fourth-order valence-corrected chi connectivity index (χ4v) is 2.50. The molecule has 0 aromatic rings. The minimum Gasteiger partial charge on any atom is -0.377 e. The summed E-state index contributed by atoms with van der Waals surface area (Å²) in [6.07, 6.45) is 5.09. The van der Waals surface area contributed by atoms with Crippen LogP contribution < -0.4 is 0 Å². The molecule has 5 heteroatoms. The summed E-state index contributed by atoms with van der Waals surface area (Å²) < 4.78 is 28.1. The number of rotatable bonds is 0. The van der Waals surface area contributed by atoms with Crippen LogP contribution in [0.5, 0.6) is 0 Å². The third kappa shape index (κ3) is 6.19. The smallest absolute Gasteiger partial charge is 0.0837 e. The van der Waals surface area contributed by atoms with Crippen LogP contribution in [0.25, 0.3) is 0 Å². The number of fused-ring (bicyclic) bond motifs is 1. The number of ether oxygens (including phenoxy) is 5. The molecule has 2 unspecified atom stereocenters. The van der Waals surface area contributed by atoms with E-state index in [1.54, 1.807) is 0 Å². The van der Waals surface area contributed by atoms with Gasteiger partial charge in [0, 0.05) is 0 Å². The molecule has 0 spiro atoms. The molecule has 1 heterocycles. The van der Waals surface area contributed by atoms with Gasteiger partial charge in [-0.05, 0) is 12.8 Å². The molecule has 2 aliphatic rings. The molecule has 1 saturated carbocycles. The van der Waals surface area contributed by atoms with Crippen LogP contribution in [0.1, 0.15) is 25.7 Å². The Balaban J connectivity index is 1.74. The van der Waals surface area contributed by atoms with Crippen molar-refractivity contribution in [3.05, 3.63) is 0 Å². The Morgan fingerprint density at radius 3 is 1.26 bits per heavy atom. The quantitative estimate of drug-likeness (QED) is 0.668. The highest BCUT2D eigenvalue weighted by Crippen LogP contribution is 2.23. The Kier molecular flexibility index (Phi) is 7.73. The van der Waals surface area contributed by atoms with Crippen molar-refractivity contribution < 1.29 is 23.7 Å². The summed E-state index contributed by atoms with van der Waals surface area (Å²) in [5.41, 5.74) is 0. The third-order valence-corrected chi connectivity index (χ3v) is 3.51. The van der Waals surface area contributed by atoms with Crippen LogP contribution in [0.2, 0.25) is 0 Å². The molecule has 0 bridgehead atoms. The minimum atomic E-state index is 0.221. The zero-order chi connectivity index (χ0) is 13.2. The molecule has 2 atom stereocenters. The van der Waals surface area contributed by atoms with Crippen LogP contribution in [0, 0.1) is 0 Å². The fraction of sp³-hybridized carbons (Fsp3) is 1.00. The van der Waals surface area contributed by atoms with Gasteiger partial charge in [0.15, 0.2) is 0 Å². The maximum absolute atomic E-state index is 5.89. The number of hydrogen-bond acceptors (Lipinski definition) is 5. The molecule has 0 amide bonds. The molecule has 1 saturated heterocycles. The highest BCUT2D eigenvalue weighted by Gasteiger charge is 2.26. The SMILES string of the molecule is C1CCC2OCCOCCOCCOCCOC2C1. The van der Waals surface area contributed by atoms with Crippen LogP contribution >= 0.6 is 0 Å². The first-order valence-electron chi connectivity index (χ1n) is 7.43. The highest BCUT2D eigenvalue weighted by atomic mass is 16.6. The van der Waals surface area contributed by atoms with Gasteiger partial charge in [-0.25, -0.2) is 0 Å². The van der Waals surface area contributed by atoms with Gasteiger partial charge in [0.25, 0.3) is 0 Å². The van der Waals surface area contributed by atoms with E-state index in [1.807, 2.05) is 0 Å². The van der Waals surface area contributed by atoms with E-state index >= 15 is 0 Å². The lowest BCUT2D eigenvalue weighted by Crippen LogP contribution is -2.36.